The molecular weight excluding hydrogens is 386 g/mol. The summed E-state index contributed by atoms with van der Waals surface area (Å²) < 4.78 is 0. The molecule has 0 bridgehead atoms. The predicted octanol–water partition coefficient (Wildman–Crippen LogP) is 4.31. The molecule has 1 aliphatic heterocycles. The standard InChI is InChI=1S/C22H21N3O3S/c1-22(2,3)28-25-19(18(13-26)29-21(25)15-8-6-10-23-12-15)20(27)17-11-14-7-4-5-9-16(14)24-17/h4-12,19,21,24H,1-3H3. The Kier molecular flexibility index (Phi) is 5.15. The highest BCUT2D eigenvalue weighted by Gasteiger charge is 2.47. The summed E-state index contributed by atoms with van der Waals surface area (Å²) in [6.45, 7) is 5.72. The minimum Gasteiger partial charge on any atom is -0.352 e. The average Bonchev–Trinajstić information content (AvgIpc) is 3.28. The van der Waals surface area contributed by atoms with Crippen molar-refractivity contribution in [3.8, 4) is 0 Å². The molecule has 148 valence electrons. The number of thioether (sulfide) groups is 1. The number of nitrogens with zero attached hydrogens (tertiary/aromatic N) is 2. The minimum atomic E-state index is -0.880. The highest BCUT2D eigenvalue weighted by molar-refractivity contribution is 8.03. The van der Waals surface area contributed by atoms with E-state index in [2.05, 4.69) is 9.97 Å². The second-order valence-corrected chi connectivity index (χ2v) is 8.95. The predicted molar refractivity (Wildman–Crippen MR) is 113 cm³/mol. The summed E-state index contributed by atoms with van der Waals surface area (Å²) in [5.41, 5.74) is 1.59. The van der Waals surface area contributed by atoms with E-state index in [1.807, 2.05) is 63.1 Å². The third-order valence-electron chi connectivity index (χ3n) is 4.47. The molecule has 0 saturated carbocycles. The van der Waals surface area contributed by atoms with Crippen molar-refractivity contribution in [3.05, 3.63) is 71.0 Å². The fraction of sp³-hybridized carbons (Fsp3) is 0.273. The van der Waals surface area contributed by atoms with Crippen LogP contribution < -0.4 is 0 Å². The Morgan fingerprint density at radius 3 is 2.69 bits per heavy atom. The van der Waals surface area contributed by atoms with Crippen molar-refractivity contribution in [2.75, 3.05) is 0 Å². The molecule has 0 radical (unpaired) electrons. The Balaban J connectivity index is 1.77. The Morgan fingerprint density at radius 1 is 1.24 bits per heavy atom. The molecule has 29 heavy (non-hydrogen) atoms. The molecule has 2 atom stereocenters. The van der Waals surface area contributed by atoms with E-state index in [0.717, 1.165) is 16.5 Å². The first-order valence-corrected chi connectivity index (χ1v) is 10.2. The summed E-state index contributed by atoms with van der Waals surface area (Å²) >= 11 is 1.27. The molecule has 2 aromatic heterocycles. The van der Waals surface area contributed by atoms with Gasteiger partial charge in [0.2, 0.25) is 5.78 Å². The highest BCUT2D eigenvalue weighted by atomic mass is 32.2. The van der Waals surface area contributed by atoms with Crippen LogP contribution in [0, 0.1) is 0 Å². The number of pyridine rings is 1. The van der Waals surface area contributed by atoms with Crippen LogP contribution in [0.2, 0.25) is 0 Å². The number of hydrogen-bond acceptors (Lipinski definition) is 6. The molecule has 3 aromatic rings. The van der Waals surface area contributed by atoms with Crippen LogP contribution in [0.3, 0.4) is 0 Å². The van der Waals surface area contributed by atoms with E-state index in [4.69, 9.17) is 4.84 Å². The molecule has 3 heterocycles. The van der Waals surface area contributed by atoms with Crippen LogP contribution in [0.15, 0.2) is 59.8 Å². The SMILES string of the molecule is CC(C)(C)ON1C(C(=O)c2cc3ccccc3[nH]2)C(=C=O)SC1c1cccnc1. The fourth-order valence-electron chi connectivity index (χ4n) is 3.31. The average molecular weight is 407 g/mol. The molecule has 1 fully saturated rings. The molecular formula is C22H21N3O3S. The highest BCUT2D eigenvalue weighted by Crippen LogP contribution is 2.49. The van der Waals surface area contributed by atoms with Gasteiger partial charge < -0.3 is 4.98 Å². The summed E-state index contributed by atoms with van der Waals surface area (Å²) in [6.07, 6.45) is 3.40. The topological polar surface area (TPSA) is 75.3 Å². The third-order valence-corrected chi connectivity index (χ3v) is 5.73. The van der Waals surface area contributed by atoms with Crippen molar-refractivity contribution in [1.82, 2.24) is 15.0 Å². The number of ketones is 1. The first kappa shape index (κ1) is 19.6. The van der Waals surface area contributed by atoms with Gasteiger partial charge in [0.1, 0.15) is 17.4 Å². The van der Waals surface area contributed by atoms with Gasteiger partial charge >= 0.3 is 0 Å². The van der Waals surface area contributed by atoms with Gasteiger partial charge in [0, 0.05) is 28.9 Å². The van der Waals surface area contributed by atoms with E-state index in [1.54, 1.807) is 23.5 Å². The maximum atomic E-state index is 13.5. The number of benzene rings is 1. The molecule has 2 unspecified atom stereocenters. The van der Waals surface area contributed by atoms with Crippen molar-refractivity contribution in [3.63, 3.8) is 0 Å². The van der Waals surface area contributed by atoms with E-state index in [-0.39, 0.29) is 11.2 Å². The maximum absolute atomic E-state index is 13.5. The number of aromatic amines is 1. The monoisotopic (exact) mass is 407 g/mol. The number of rotatable bonds is 4. The zero-order chi connectivity index (χ0) is 20.6. The summed E-state index contributed by atoms with van der Waals surface area (Å²) in [6, 6.07) is 12.3. The zero-order valence-corrected chi connectivity index (χ0v) is 17.2. The van der Waals surface area contributed by atoms with E-state index in [0.29, 0.717) is 10.6 Å². The number of fused-ring (bicyclic) bond motifs is 1. The van der Waals surface area contributed by atoms with E-state index in [9.17, 15) is 9.59 Å². The Hall–Kier alpha value is -2.70. The normalized spacial score (nSPS) is 20.2. The van der Waals surface area contributed by atoms with Gasteiger partial charge in [0.05, 0.1) is 16.2 Å². The quantitative estimate of drug-likeness (QED) is 0.513. The molecule has 4 rings (SSSR count). The third kappa shape index (κ3) is 3.91. The van der Waals surface area contributed by atoms with Gasteiger partial charge in [-0.25, -0.2) is 4.79 Å². The van der Waals surface area contributed by atoms with Gasteiger partial charge in [0.15, 0.2) is 0 Å². The lowest BCUT2D eigenvalue weighted by molar-refractivity contribution is -0.239. The molecule has 7 heteroatoms. The van der Waals surface area contributed by atoms with Crippen LogP contribution in [-0.4, -0.2) is 38.4 Å². The summed E-state index contributed by atoms with van der Waals surface area (Å²) in [4.78, 5) is 39.1. The van der Waals surface area contributed by atoms with Gasteiger partial charge in [-0.3, -0.25) is 14.6 Å². The number of aromatic nitrogens is 2. The second-order valence-electron chi connectivity index (χ2n) is 7.82. The second kappa shape index (κ2) is 7.61. The molecule has 0 aliphatic carbocycles. The zero-order valence-electron chi connectivity index (χ0n) is 16.4. The smallest absolute Gasteiger partial charge is 0.204 e. The molecule has 1 aromatic carbocycles. The summed E-state index contributed by atoms with van der Waals surface area (Å²) in [5, 5.41) is 2.17. The van der Waals surface area contributed by atoms with Crippen LogP contribution in [0.5, 0.6) is 0 Å². The van der Waals surface area contributed by atoms with Crippen LogP contribution >= 0.6 is 11.8 Å². The molecule has 1 N–H and O–H groups in total. The number of para-hydroxylation sites is 1. The number of carbonyl (C=O) groups is 1. The van der Waals surface area contributed by atoms with Crippen LogP contribution in [0.1, 0.15) is 42.2 Å². The molecule has 1 saturated heterocycles. The van der Waals surface area contributed by atoms with Crippen LogP contribution in [-0.2, 0) is 9.63 Å². The minimum absolute atomic E-state index is 0.234. The Bertz CT molecular complexity index is 1060. The number of nitrogens with one attached hydrogen (secondary N) is 1. The molecule has 1 aliphatic rings. The van der Waals surface area contributed by atoms with E-state index in [1.165, 1.54) is 11.8 Å². The summed E-state index contributed by atoms with van der Waals surface area (Å²) in [7, 11) is 0. The number of H-pyrrole nitrogens is 1. The van der Waals surface area contributed by atoms with Crippen molar-refractivity contribution in [2.45, 2.75) is 37.8 Å². The molecule has 6 nitrogen and oxygen atoms in total. The number of hydroxylamine groups is 2. The van der Waals surface area contributed by atoms with Crippen molar-refractivity contribution in [2.24, 2.45) is 0 Å². The van der Waals surface area contributed by atoms with Crippen molar-refractivity contribution < 1.29 is 14.4 Å². The molecule has 0 spiro atoms. The first-order valence-electron chi connectivity index (χ1n) is 9.28. The van der Waals surface area contributed by atoms with E-state index < -0.39 is 11.6 Å². The van der Waals surface area contributed by atoms with Gasteiger partial charge in [-0.2, -0.15) is 5.06 Å². The lowest BCUT2D eigenvalue weighted by atomic mass is 10.1. The number of hydrogen-bond donors (Lipinski definition) is 1. The Labute approximate surface area is 172 Å². The van der Waals surface area contributed by atoms with Gasteiger partial charge in [0.25, 0.3) is 0 Å². The first-order chi connectivity index (χ1) is 13.9. The lowest BCUT2D eigenvalue weighted by Crippen LogP contribution is -2.43. The maximum Gasteiger partial charge on any atom is 0.204 e. The fourth-order valence-corrected chi connectivity index (χ4v) is 4.48. The van der Waals surface area contributed by atoms with Crippen LogP contribution in [0.4, 0.5) is 0 Å². The summed E-state index contributed by atoms with van der Waals surface area (Å²) in [5.74, 6) is 1.73. The van der Waals surface area contributed by atoms with Crippen LogP contribution in [0.25, 0.3) is 10.9 Å². The van der Waals surface area contributed by atoms with E-state index >= 15 is 0 Å². The van der Waals surface area contributed by atoms with Gasteiger partial charge in [-0.05, 0) is 39.0 Å². The van der Waals surface area contributed by atoms with Crippen molar-refractivity contribution >= 4 is 34.4 Å². The number of Topliss-reactive ketones (excluding diaryl/α,β-unsaturated/α-hetero) is 1. The van der Waals surface area contributed by atoms with Gasteiger partial charge in [-0.15, -0.1) is 0 Å². The van der Waals surface area contributed by atoms with Crippen molar-refractivity contribution in [1.29, 1.82) is 0 Å². The van der Waals surface area contributed by atoms with Gasteiger partial charge in [-0.1, -0.05) is 36.0 Å². The number of carbonyl (C=O) groups excluding carboxylic acids is 2. The largest absolute Gasteiger partial charge is 0.352 e. The Morgan fingerprint density at radius 2 is 2.03 bits per heavy atom. The lowest BCUT2D eigenvalue weighted by Gasteiger charge is -2.33. The molecule has 0 amide bonds.